The van der Waals surface area contributed by atoms with Crippen LogP contribution in [0.4, 0.5) is 8.78 Å². The molecule has 0 bridgehead atoms. The van der Waals surface area contributed by atoms with E-state index in [-0.39, 0.29) is 11.6 Å². The van der Waals surface area contributed by atoms with E-state index < -0.39 is 11.6 Å². The van der Waals surface area contributed by atoms with Crippen LogP contribution in [0.5, 0.6) is 0 Å². The highest BCUT2D eigenvalue weighted by Gasteiger charge is 2.14. The zero-order valence-corrected chi connectivity index (χ0v) is 12.7. The van der Waals surface area contributed by atoms with Gasteiger partial charge < -0.3 is 9.73 Å². The summed E-state index contributed by atoms with van der Waals surface area (Å²) in [7, 11) is 0. The van der Waals surface area contributed by atoms with Crippen molar-refractivity contribution < 1.29 is 13.2 Å². The Morgan fingerprint density at radius 3 is 2.67 bits per heavy atom. The van der Waals surface area contributed by atoms with Crippen LogP contribution >= 0.6 is 0 Å². The molecule has 1 unspecified atom stereocenters. The topological polar surface area (TPSA) is 25.2 Å². The molecule has 0 aliphatic rings. The van der Waals surface area contributed by atoms with E-state index in [1.165, 1.54) is 19.1 Å². The van der Waals surface area contributed by atoms with Gasteiger partial charge >= 0.3 is 0 Å². The Balaban J connectivity index is 2.15. The molecule has 4 heteroatoms. The van der Waals surface area contributed by atoms with Crippen molar-refractivity contribution in [1.29, 1.82) is 0 Å². The summed E-state index contributed by atoms with van der Waals surface area (Å²) < 4.78 is 33.1. The molecule has 0 aliphatic heterocycles. The molecule has 1 heterocycles. The molecule has 0 radical (unpaired) electrons. The summed E-state index contributed by atoms with van der Waals surface area (Å²) in [6.07, 6.45) is 1.79. The van der Waals surface area contributed by atoms with E-state index in [1.54, 1.807) is 6.07 Å². The SMILES string of the molecule is CCCNC(C)Cc1ccc(-c2cc(F)c(C)cc2F)o1. The van der Waals surface area contributed by atoms with Crippen molar-refractivity contribution in [2.45, 2.75) is 39.7 Å². The molecule has 0 spiro atoms. The van der Waals surface area contributed by atoms with Crippen LogP contribution in [-0.4, -0.2) is 12.6 Å². The lowest BCUT2D eigenvalue weighted by atomic mass is 10.1. The first kappa shape index (κ1) is 15.7. The van der Waals surface area contributed by atoms with Gasteiger partial charge in [0, 0.05) is 12.5 Å². The van der Waals surface area contributed by atoms with Crippen LogP contribution in [0.2, 0.25) is 0 Å². The van der Waals surface area contributed by atoms with Crippen LogP contribution in [0, 0.1) is 18.6 Å². The summed E-state index contributed by atoms with van der Waals surface area (Å²) >= 11 is 0. The second-order valence-corrected chi connectivity index (χ2v) is 5.41. The van der Waals surface area contributed by atoms with Crippen LogP contribution in [-0.2, 0) is 6.42 Å². The van der Waals surface area contributed by atoms with Gasteiger partial charge in [-0.2, -0.15) is 0 Å². The van der Waals surface area contributed by atoms with Gasteiger partial charge in [0.15, 0.2) is 0 Å². The second kappa shape index (κ2) is 6.85. The lowest BCUT2D eigenvalue weighted by Crippen LogP contribution is -2.28. The largest absolute Gasteiger partial charge is 0.461 e. The fourth-order valence-electron chi connectivity index (χ4n) is 2.23. The van der Waals surface area contributed by atoms with E-state index in [2.05, 4.69) is 19.2 Å². The van der Waals surface area contributed by atoms with Crippen molar-refractivity contribution in [3.05, 3.63) is 47.2 Å². The molecule has 0 saturated carbocycles. The highest BCUT2D eigenvalue weighted by Crippen LogP contribution is 2.27. The molecule has 114 valence electrons. The molecule has 1 aromatic carbocycles. The molecule has 1 atom stereocenters. The minimum absolute atomic E-state index is 0.165. The lowest BCUT2D eigenvalue weighted by Gasteiger charge is -2.11. The number of benzene rings is 1. The third-order valence-electron chi connectivity index (χ3n) is 3.43. The van der Waals surface area contributed by atoms with Crippen molar-refractivity contribution in [1.82, 2.24) is 5.32 Å². The van der Waals surface area contributed by atoms with Gasteiger partial charge in [0.2, 0.25) is 0 Å². The summed E-state index contributed by atoms with van der Waals surface area (Å²) in [6, 6.07) is 6.17. The molecule has 0 aliphatic carbocycles. The lowest BCUT2D eigenvalue weighted by molar-refractivity contribution is 0.462. The molecule has 1 N–H and O–H groups in total. The summed E-state index contributed by atoms with van der Waals surface area (Å²) in [5.41, 5.74) is 0.457. The maximum atomic E-state index is 13.9. The smallest absolute Gasteiger partial charge is 0.137 e. The number of hydrogen-bond donors (Lipinski definition) is 1. The zero-order chi connectivity index (χ0) is 15.4. The van der Waals surface area contributed by atoms with E-state index in [4.69, 9.17) is 4.42 Å². The Hall–Kier alpha value is -1.68. The highest BCUT2D eigenvalue weighted by atomic mass is 19.1. The van der Waals surface area contributed by atoms with E-state index in [0.717, 1.165) is 25.1 Å². The molecule has 0 amide bonds. The Morgan fingerprint density at radius 2 is 1.95 bits per heavy atom. The number of furan rings is 1. The summed E-state index contributed by atoms with van der Waals surface area (Å²) in [6.45, 7) is 6.67. The number of aryl methyl sites for hydroxylation is 1. The first-order chi connectivity index (χ1) is 10.0. The van der Waals surface area contributed by atoms with Crippen LogP contribution < -0.4 is 5.32 Å². The van der Waals surface area contributed by atoms with E-state index in [0.29, 0.717) is 11.3 Å². The van der Waals surface area contributed by atoms with E-state index in [1.807, 2.05) is 6.07 Å². The number of hydrogen-bond acceptors (Lipinski definition) is 2. The molecule has 0 saturated heterocycles. The summed E-state index contributed by atoms with van der Waals surface area (Å²) in [4.78, 5) is 0. The molecule has 0 fully saturated rings. The molecular weight excluding hydrogens is 272 g/mol. The first-order valence-electron chi connectivity index (χ1n) is 7.29. The predicted octanol–water partition coefficient (Wildman–Crippen LogP) is 4.46. The Labute approximate surface area is 124 Å². The van der Waals surface area contributed by atoms with Crippen LogP contribution in [0.3, 0.4) is 0 Å². The third kappa shape index (κ3) is 3.91. The van der Waals surface area contributed by atoms with Gasteiger partial charge in [-0.05, 0) is 56.6 Å². The average molecular weight is 293 g/mol. The van der Waals surface area contributed by atoms with Crippen LogP contribution in [0.15, 0.2) is 28.7 Å². The van der Waals surface area contributed by atoms with Crippen LogP contribution in [0.25, 0.3) is 11.3 Å². The molecule has 21 heavy (non-hydrogen) atoms. The molecule has 2 aromatic rings. The van der Waals surface area contributed by atoms with Gasteiger partial charge in [0.1, 0.15) is 23.2 Å². The van der Waals surface area contributed by atoms with Crippen molar-refractivity contribution >= 4 is 0 Å². The third-order valence-corrected chi connectivity index (χ3v) is 3.43. The normalized spacial score (nSPS) is 12.6. The fourth-order valence-corrected chi connectivity index (χ4v) is 2.23. The maximum Gasteiger partial charge on any atom is 0.137 e. The van der Waals surface area contributed by atoms with Gasteiger partial charge in [-0.15, -0.1) is 0 Å². The molecule has 1 aromatic heterocycles. The van der Waals surface area contributed by atoms with Gasteiger partial charge in [-0.3, -0.25) is 0 Å². The van der Waals surface area contributed by atoms with E-state index >= 15 is 0 Å². The van der Waals surface area contributed by atoms with Crippen molar-refractivity contribution in [2.75, 3.05) is 6.54 Å². The molecule has 2 rings (SSSR count). The quantitative estimate of drug-likeness (QED) is 0.850. The van der Waals surface area contributed by atoms with E-state index in [9.17, 15) is 8.78 Å². The molecular formula is C17H21F2NO. The minimum atomic E-state index is -0.466. The van der Waals surface area contributed by atoms with Crippen molar-refractivity contribution in [3.63, 3.8) is 0 Å². The van der Waals surface area contributed by atoms with Gasteiger partial charge in [0.05, 0.1) is 5.56 Å². The fraction of sp³-hybridized carbons (Fsp3) is 0.412. The number of halogens is 2. The van der Waals surface area contributed by atoms with Gasteiger partial charge in [0.25, 0.3) is 0 Å². The first-order valence-corrected chi connectivity index (χ1v) is 7.29. The summed E-state index contributed by atoms with van der Waals surface area (Å²) in [5, 5.41) is 3.36. The number of rotatable bonds is 6. The second-order valence-electron chi connectivity index (χ2n) is 5.41. The Bertz CT molecular complexity index is 607. The maximum absolute atomic E-state index is 13.9. The van der Waals surface area contributed by atoms with Crippen molar-refractivity contribution in [2.24, 2.45) is 0 Å². The summed E-state index contributed by atoms with van der Waals surface area (Å²) in [5.74, 6) is 0.236. The predicted molar refractivity (Wildman–Crippen MR) is 80.3 cm³/mol. The highest BCUT2D eigenvalue weighted by molar-refractivity contribution is 5.59. The minimum Gasteiger partial charge on any atom is -0.461 e. The Kier molecular flexibility index (Phi) is 5.12. The van der Waals surface area contributed by atoms with Crippen molar-refractivity contribution in [3.8, 4) is 11.3 Å². The number of nitrogens with one attached hydrogen (secondary N) is 1. The van der Waals surface area contributed by atoms with Gasteiger partial charge in [-0.25, -0.2) is 8.78 Å². The van der Waals surface area contributed by atoms with Crippen LogP contribution in [0.1, 0.15) is 31.6 Å². The standard InChI is InChI=1S/C17H21F2NO/c1-4-7-20-12(3)9-13-5-6-17(21-13)14-10-15(18)11(2)8-16(14)19/h5-6,8,10,12,20H,4,7,9H2,1-3H3. The Morgan fingerprint density at radius 1 is 1.19 bits per heavy atom. The zero-order valence-electron chi connectivity index (χ0n) is 12.7. The van der Waals surface area contributed by atoms with Gasteiger partial charge in [-0.1, -0.05) is 6.92 Å². The monoisotopic (exact) mass is 293 g/mol. The average Bonchev–Trinajstić information content (AvgIpc) is 2.88. The molecule has 2 nitrogen and oxygen atoms in total.